The van der Waals surface area contributed by atoms with Crippen molar-refractivity contribution in [2.45, 2.75) is 26.2 Å². The monoisotopic (exact) mass is 282 g/mol. The fourth-order valence-electron chi connectivity index (χ4n) is 1.98. The Kier molecular flexibility index (Phi) is 5.96. The van der Waals surface area contributed by atoms with Crippen molar-refractivity contribution in [1.82, 2.24) is 0 Å². The summed E-state index contributed by atoms with van der Waals surface area (Å²) in [7, 11) is 0. The summed E-state index contributed by atoms with van der Waals surface area (Å²) in [6.07, 6.45) is 2.53. The molecule has 1 rings (SSSR count). The van der Waals surface area contributed by atoms with Crippen molar-refractivity contribution in [2.24, 2.45) is 5.92 Å². The lowest BCUT2D eigenvalue weighted by Crippen LogP contribution is -2.22. The van der Waals surface area contributed by atoms with E-state index in [0.29, 0.717) is 12.8 Å². The first-order valence-electron chi connectivity index (χ1n) is 6.37. The summed E-state index contributed by atoms with van der Waals surface area (Å²) >= 11 is 0. The molecular weight excluding hydrogens is 264 g/mol. The van der Waals surface area contributed by atoms with Gasteiger partial charge in [-0.15, -0.1) is 0 Å². The van der Waals surface area contributed by atoms with Gasteiger partial charge in [-0.3, -0.25) is 0 Å². The standard InChI is InChI=1S/C14H18O6/c1-3-12(15)19-6-7-20-14(18)10-5-4-9(2)8-11(10)13(16)17/h3,9H,1,4-8H2,2H3,(H,16,17). The van der Waals surface area contributed by atoms with Crippen molar-refractivity contribution in [2.75, 3.05) is 13.2 Å². The maximum absolute atomic E-state index is 11.8. The third kappa shape index (κ3) is 4.53. The number of carboxylic acids is 1. The zero-order valence-electron chi connectivity index (χ0n) is 11.4. The van der Waals surface area contributed by atoms with Gasteiger partial charge in [0, 0.05) is 17.2 Å². The average molecular weight is 282 g/mol. The van der Waals surface area contributed by atoms with Crippen LogP contribution in [-0.4, -0.2) is 36.2 Å². The van der Waals surface area contributed by atoms with Gasteiger partial charge in [0.05, 0.1) is 0 Å². The van der Waals surface area contributed by atoms with Crippen LogP contribution in [0.3, 0.4) is 0 Å². The molecule has 0 radical (unpaired) electrons. The lowest BCUT2D eigenvalue weighted by Gasteiger charge is -2.21. The predicted molar refractivity (Wildman–Crippen MR) is 69.8 cm³/mol. The lowest BCUT2D eigenvalue weighted by molar-refractivity contribution is -0.147. The number of ether oxygens (including phenoxy) is 2. The van der Waals surface area contributed by atoms with E-state index in [1.807, 2.05) is 6.92 Å². The number of carboxylic acid groups (broad SMARTS) is 1. The zero-order valence-corrected chi connectivity index (χ0v) is 11.4. The highest BCUT2D eigenvalue weighted by atomic mass is 16.6. The van der Waals surface area contributed by atoms with Gasteiger partial charge in [0.25, 0.3) is 0 Å². The molecule has 1 aliphatic rings. The van der Waals surface area contributed by atoms with Gasteiger partial charge in [-0.2, -0.15) is 0 Å². The Morgan fingerprint density at radius 1 is 1.30 bits per heavy atom. The summed E-state index contributed by atoms with van der Waals surface area (Å²) in [5.74, 6) is -2.09. The van der Waals surface area contributed by atoms with Crippen molar-refractivity contribution < 1.29 is 29.0 Å². The first-order chi connectivity index (χ1) is 9.45. The van der Waals surface area contributed by atoms with E-state index in [4.69, 9.17) is 9.84 Å². The SMILES string of the molecule is C=CC(=O)OCCOC(=O)C1=C(C(=O)O)CC(C)CC1. The van der Waals surface area contributed by atoms with Crippen LogP contribution < -0.4 is 0 Å². The third-order valence-corrected chi connectivity index (χ3v) is 3.04. The van der Waals surface area contributed by atoms with Crippen molar-refractivity contribution in [3.63, 3.8) is 0 Å². The minimum atomic E-state index is -1.08. The minimum absolute atomic E-state index is 0.0807. The van der Waals surface area contributed by atoms with E-state index in [1.54, 1.807) is 0 Å². The van der Waals surface area contributed by atoms with E-state index in [0.717, 1.165) is 12.5 Å². The second-order valence-corrected chi connectivity index (χ2v) is 4.62. The summed E-state index contributed by atoms with van der Waals surface area (Å²) in [5, 5.41) is 9.11. The van der Waals surface area contributed by atoms with Gasteiger partial charge in [-0.25, -0.2) is 14.4 Å². The Bertz CT molecular complexity index is 449. The zero-order chi connectivity index (χ0) is 15.1. The van der Waals surface area contributed by atoms with Crippen LogP contribution in [0.2, 0.25) is 0 Å². The summed E-state index contributed by atoms with van der Waals surface area (Å²) in [6.45, 7) is 4.99. The molecule has 0 aromatic heterocycles. The Morgan fingerprint density at radius 2 is 1.95 bits per heavy atom. The molecule has 0 spiro atoms. The molecule has 0 aromatic rings. The number of hydrogen-bond acceptors (Lipinski definition) is 5. The highest BCUT2D eigenvalue weighted by Crippen LogP contribution is 2.30. The second-order valence-electron chi connectivity index (χ2n) is 4.62. The van der Waals surface area contributed by atoms with Crippen LogP contribution in [0.5, 0.6) is 0 Å². The molecule has 110 valence electrons. The maximum atomic E-state index is 11.8. The number of esters is 2. The molecule has 0 aromatic carbocycles. The van der Waals surface area contributed by atoms with E-state index in [-0.39, 0.29) is 30.3 Å². The Balaban J connectivity index is 2.56. The summed E-state index contributed by atoms with van der Waals surface area (Å²) in [6, 6.07) is 0. The number of carbonyl (C=O) groups is 3. The number of aliphatic carboxylic acids is 1. The molecule has 0 bridgehead atoms. The van der Waals surface area contributed by atoms with Crippen LogP contribution in [0, 0.1) is 5.92 Å². The first-order valence-corrected chi connectivity index (χ1v) is 6.37. The molecule has 0 amide bonds. The first kappa shape index (κ1) is 15.9. The van der Waals surface area contributed by atoms with Crippen molar-refractivity contribution in [1.29, 1.82) is 0 Å². The number of rotatable bonds is 6. The minimum Gasteiger partial charge on any atom is -0.478 e. The molecule has 0 saturated carbocycles. The van der Waals surface area contributed by atoms with Crippen LogP contribution in [0.25, 0.3) is 0 Å². The molecule has 1 unspecified atom stereocenters. The van der Waals surface area contributed by atoms with Crippen LogP contribution in [0.4, 0.5) is 0 Å². The molecule has 0 fully saturated rings. The van der Waals surface area contributed by atoms with Gasteiger partial charge < -0.3 is 14.6 Å². The highest BCUT2D eigenvalue weighted by Gasteiger charge is 2.27. The summed E-state index contributed by atoms with van der Waals surface area (Å²) in [4.78, 5) is 33.7. The predicted octanol–water partition coefficient (Wildman–Crippen LogP) is 1.46. The molecular formula is C14H18O6. The molecule has 6 heteroatoms. The van der Waals surface area contributed by atoms with Crippen LogP contribution in [0.15, 0.2) is 23.8 Å². The molecule has 0 heterocycles. The van der Waals surface area contributed by atoms with Crippen molar-refractivity contribution >= 4 is 17.9 Å². The fourth-order valence-corrected chi connectivity index (χ4v) is 1.98. The van der Waals surface area contributed by atoms with E-state index in [1.165, 1.54) is 0 Å². The molecule has 20 heavy (non-hydrogen) atoms. The Morgan fingerprint density at radius 3 is 2.55 bits per heavy atom. The van der Waals surface area contributed by atoms with Crippen LogP contribution in [0.1, 0.15) is 26.2 Å². The van der Waals surface area contributed by atoms with E-state index >= 15 is 0 Å². The third-order valence-electron chi connectivity index (χ3n) is 3.04. The highest BCUT2D eigenvalue weighted by molar-refractivity contribution is 5.99. The van der Waals surface area contributed by atoms with E-state index < -0.39 is 17.9 Å². The van der Waals surface area contributed by atoms with Gasteiger partial charge in [0.15, 0.2) is 0 Å². The van der Waals surface area contributed by atoms with E-state index in [9.17, 15) is 14.4 Å². The molecule has 1 atom stereocenters. The van der Waals surface area contributed by atoms with Gasteiger partial charge >= 0.3 is 17.9 Å². The van der Waals surface area contributed by atoms with Gasteiger partial charge in [0.1, 0.15) is 13.2 Å². The van der Waals surface area contributed by atoms with Gasteiger partial charge in [-0.05, 0) is 25.2 Å². The van der Waals surface area contributed by atoms with Crippen LogP contribution >= 0.6 is 0 Å². The smallest absolute Gasteiger partial charge is 0.334 e. The van der Waals surface area contributed by atoms with Crippen molar-refractivity contribution in [3.8, 4) is 0 Å². The maximum Gasteiger partial charge on any atom is 0.334 e. The lowest BCUT2D eigenvalue weighted by atomic mass is 9.85. The molecule has 6 nitrogen and oxygen atoms in total. The molecule has 1 aliphatic carbocycles. The normalized spacial score (nSPS) is 18.4. The molecule has 0 saturated heterocycles. The Labute approximate surface area is 117 Å². The number of hydrogen-bond donors (Lipinski definition) is 1. The number of carbonyl (C=O) groups excluding carboxylic acids is 2. The summed E-state index contributed by atoms with van der Waals surface area (Å²) in [5.41, 5.74) is 0.336. The van der Waals surface area contributed by atoms with Gasteiger partial charge in [-0.1, -0.05) is 13.5 Å². The molecule has 0 aliphatic heterocycles. The quantitative estimate of drug-likeness (QED) is 0.450. The Hall–Kier alpha value is -2.11. The van der Waals surface area contributed by atoms with Gasteiger partial charge in [0.2, 0.25) is 0 Å². The van der Waals surface area contributed by atoms with Crippen LogP contribution in [-0.2, 0) is 23.9 Å². The van der Waals surface area contributed by atoms with E-state index in [2.05, 4.69) is 11.3 Å². The second kappa shape index (κ2) is 7.47. The largest absolute Gasteiger partial charge is 0.478 e. The fraction of sp³-hybridized carbons (Fsp3) is 0.500. The topological polar surface area (TPSA) is 89.9 Å². The molecule has 1 N–H and O–H groups in total. The average Bonchev–Trinajstić information content (AvgIpc) is 2.42. The summed E-state index contributed by atoms with van der Waals surface area (Å²) < 4.78 is 9.57. The van der Waals surface area contributed by atoms with Crippen molar-refractivity contribution in [3.05, 3.63) is 23.8 Å².